The molecule has 17 heavy (non-hydrogen) atoms. The van der Waals surface area contributed by atoms with Crippen LogP contribution in [0.3, 0.4) is 0 Å². The van der Waals surface area contributed by atoms with Gasteiger partial charge in [-0.15, -0.1) is 0 Å². The standard InChI is InChI=1S/C10H14N4O3/c11-9(15)7-2-5-14(6-3-7)10(16)13-8-1-4-12-17-8/h1,4,7H,2-3,5-6H2,(H2,11,15)(H,13,16). The number of hydrogen-bond donors (Lipinski definition) is 2. The van der Waals surface area contributed by atoms with Gasteiger partial charge in [-0.05, 0) is 12.8 Å². The number of primary amides is 1. The predicted molar refractivity (Wildman–Crippen MR) is 59.0 cm³/mol. The highest BCUT2D eigenvalue weighted by atomic mass is 16.5. The first kappa shape index (κ1) is 11.4. The molecule has 0 saturated carbocycles. The van der Waals surface area contributed by atoms with Crippen LogP contribution in [0, 0.1) is 5.92 Å². The summed E-state index contributed by atoms with van der Waals surface area (Å²) in [5, 5.41) is 6.06. The molecule has 0 spiro atoms. The number of carbonyl (C=O) groups excluding carboxylic acids is 2. The number of likely N-dealkylation sites (tertiary alicyclic amines) is 1. The Kier molecular flexibility index (Phi) is 3.27. The van der Waals surface area contributed by atoms with Crippen molar-refractivity contribution < 1.29 is 14.1 Å². The molecule has 1 aromatic rings. The zero-order valence-corrected chi connectivity index (χ0v) is 9.26. The van der Waals surface area contributed by atoms with Crippen LogP contribution in [0.1, 0.15) is 12.8 Å². The van der Waals surface area contributed by atoms with Crippen molar-refractivity contribution in [3.05, 3.63) is 12.3 Å². The van der Waals surface area contributed by atoms with Gasteiger partial charge in [-0.25, -0.2) is 4.79 Å². The maximum absolute atomic E-state index is 11.8. The summed E-state index contributed by atoms with van der Waals surface area (Å²) in [5.74, 6) is -0.100. The van der Waals surface area contributed by atoms with Gasteiger partial charge < -0.3 is 15.2 Å². The van der Waals surface area contributed by atoms with Gasteiger partial charge in [0.2, 0.25) is 11.8 Å². The largest absolute Gasteiger partial charge is 0.369 e. The van der Waals surface area contributed by atoms with Crippen LogP contribution in [0.15, 0.2) is 16.8 Å². The molecule has 0 aliphatic carbocycles. The first-order valence-corrected chi connectivity index (χ1v) is 5.43. The van der Waals surface area contributed by atoms with Crippen LogP contribution in [0.5, 0.6) is 0 Å². The van der Waals surface area contributed by atoms with Crippen molar-refractivity contribution in [3.63, 3.8) is 0 Å². The number of carbonyl (C=O) groups is 2. The average Bonchev–Trinajstić information content (AvgIpc) is 2.82. The number of piperidine rings is 1. The number of nitrogens with zero attached hydrogens (tertiary/aromatic N) is 2. The molecule has 1 aromatic heterocycles. The van der Waals surface area contributed by atoms with E-state index in [-0.39, 0.29) is 17.9 Å². The number of urea groups is 1. The third-order valence-corrected chi connectivity index (χ3v) is 2.85. The van der Waals surface area contributed by atoms with Crippen molar-refractivity contribution in [2.75, 3.05) is 18.4 Å². The maximum atomic E-state index is 11.8. The first-order chi connectivity index (χ1) is 8.16. The van der Waals surface area contributed by atoms with Crippen molar-refractivity contribution in [2.45, 2.75) is 12.8 Å². The molecule has 0 bridgehead atoms. The number of nitrogens with one attached hydrogen (secondary N) is 1. The highest BCUT2D eigenvalue weighted by molar-refractivity contribution is 5.88. The summed E-state index contributed by atoms with van der Waals surface area (Å²) in [7, 11) is 0. The summed E-state index contributed by atoms with van der Waals surface area (Å²) >= 11 is 0. The van der Waals surface area contributed by atoms with E-state index in [1.807, 2.05) is 0 Å². The maximum Gasteiger partial charge on any atom is 0.324 e. The van der Waals surface area contributed by atoms with Crippen LogP contribution in [-0.4, -0.2) is 35.1 Å². The second-order valence-corrected chi connectivity index (χ2v) is 3.97. The summed E-state index contributed by atoms with van der Waals surface area (Å²) in [6.07, 6.45) is 2.67. The van der Waals surface area contributed by atoms with E-state index in [9.17, 15) is 9.59 Å². The molecule has 2 rings (SSSR count). The van der Waals surface area contributed by atoms with Gasteiger partial charge in [0.1, 0.15) is 0 Å². The van der Waals surface area contributed by atoms with Gasteiger partial charge in [0.05, 0.1) is 6.20 Å². The topological polar surface area (TPSA) is 101 Å². The summed E-state index contributed by atoms with van der Waals surface area (Å²) in [5.41, 5.74) is 5.22. The van der Waals surface area contributed by atoms with E-state index in [1.54, 1.807) is 11.0 Å². The lowest BCUT2D eigenvalue weighted by Crippen LogP contribution is -2.43. The van der Waals surface area contributed by atoms with Crippen molar-refractivity contribution in [2.24, 2.45) is 11.7 Å². The Morgan fingerprint density at radius 1 is 1.47 bits per heavy atom. The lowest BCUT2D eigenvalue weighted by molar-refractivity contribution is -0.122. The fraction of sp³-hybridized carbons (Fsp3) is 0.500. The predicted octanol–water partition coefficient (Wildman–Crippen LogP) is 0.404. The third-order valence-electron chi connectivity index (χ3n) is 2.85. The Morgan fingerprint density at radius 2 is 2.18 bits per heavy atom. The number of amides is 3. The summed E-state index contributed by atoms with van der Waals surface area (Å²) in [4.78, 5) is 24.3. The molecular weight excluding hydrogens is 224 g/mol. The minimum absolute atomic E-state index is 0.121. The van der Waals surface area contributed by atoms with Crippen molar-refractivity contribution >= 4 is 17.8 Å². The Balaban J connectivity index is 1.84. The lowest BCUT2D eigenvalue weighted by atomic mass is 9.96. The molecule has 3 amide bonds. The molecule has 1 fully saturated rings. The second-order valence-electron chi connectivity index (χ2n) is 3.97. The van der Waals surface area contributed by atoms with Gasteiger partial charge in [0, 0.05) is 25.1 Å². The van der Waals surface area contributed by atoms with E-state index in [0.29, 0.717) is 31.8 Å². The fourth-order valence-corrected chi connectivity index (χ4v) is 1.83. The van der Waals surface area contributed by atoms with Crippen LogP contribution < -0.4 is 11.1 Å². The number of hydrogen-bond acceptors (Lipinski definition) is 4. The molecule has 7 heteroatoms. The second kappa shape index (κ2) is 4.86. The summed E-state index contributed by atoms with van der Waals surface area (Å²) in [6, 6.07) is 1.32. The third kappa shape index (κ3) is 2.74. The van der Waals surface area contributed by atoms with Crippen molar-refractivity contribution in [3.8, 4) is 0 Å². The van der Waals surface area contributed by atoms with Crippen LogP contribution in [0.2, 0.25) is 0 Å². The minimum atomic E-state index is -0.291. The van der Waals surface area contributed by atoms with Gasteiger partial charge in [-0.1, -0.05) is 5.16 Å². The number of anilines is 1. The van der Waals surface area contributed by atoms with E-state index in [0.717, 1.165) is 0 Å². The lowest BCUT2D eigenvalue weighted by Gasteiger charge is -2.30. The first-order valence-electron chi connectivity index (χ1n) is 5.43. The zero-order valence-electron chi connectivity index (χ0n) is 9.26. The molecule has 3 N–H and O–H groups in total. The van der Waals surface area contributed by atoms with Crippen molar-refractivity contribution in [1.29, 1.82) is 0 Å². The molecule has 1 aliphatic heterocycles. The van der Waals surface area contributed by atoms with Gasteiger partial charge >= 0.3 is 6.03 Å². The SMILES string of the molecule is NC(=O)C1CCN(C(=O)Nc2ccno2)CC1. The Bertz CT molecular complexity index is 396. The normalized spacial score (nSPS) is 16.8. The molecule has 0 atom stereocenters. The number of nitrogens with two attached hydrogens (primary N) is 1. The van der Waals surface area contributed by atoms with Gasteiger partial charge in [-0.3, -0.25) is 10.1 Å². The van der Waals surface area contributed by atoms with E-state index in [1.165, 1.54) is 6.20 Å². The summed E-state index contributed by atoms with van der Waals surface area (Å²) in [6.45, 7) is 1.04. The van der Waals surface area contributed by atoms with E-state index in [4.69, 9.17) is 10.3 Å². The van der Waals surface area contributed by atoms with Crippen LogP contribution >= 0.6 is 0 Å². The smallest absolute Gasteiger partial charge is 0.324 e. The molecule has 1 aliphatic rings. The van der Waals surface area contributed by atoms with Crippen LogP contribution in [-0.2, 0) is 4.79 Å². The number of aromatic nitrogens is 1. The van der Waals surface area contributed by atoms with E-state index >= 15 is 0 Å². The fourth-order valence-electron chi connectivity index (χ4n) is 1.83. The van der Waals surface area contributed by atoms with Gasteiger partial charge in [0.15, 0.2) is 0 Å². The Labute approximate surface area is 97.9 Å². The zero-order chi connectivity index (χ0) is 12.3. The molecule has 0 unspecified atom stereocenters. The van der Waals surface area contributed by atoms with Crippen LogP contribution in [0.4, 0.5) is 10.7 Å². The quantitative estimate of drug-likeness (QED) is 0.778. The highest BCUT2D eigenvalue weighted by Gasteiger charge is 2.26. The molecule has 92 valence electrons. The van der Waals surface area contributed by atoms with Crippen LogP contribution in [0.25, 0.3) is 0 Å². The minimum Gasteiger partial charge on any atom is -0.369 e. The molecular formula is C10H14N4O3. The molecule has 1 saturated heterocycles. The van der Waals surface area contributed by atoms with Crippen molar-refractivity contribution in [1.82, 2.24) is 10.1 Å². The Morgan fingerprint density at radius 3 is 2.71 bits per heavy atom. The molecule has 7 nitrogen and oxygen atoms in total. The monoisotopic (exact) mass is 238 g/mol. The molecule has 0 radical (unpaired) electrons. The van der Waals surface area contributed by atoms with Gasteiger partial charge in [-0.2, -0.15) is 0 Å². The van der Waals surface area contributed by atoms with E-state index in [2.05, 4.69) is 10.5 Å². The summed E-state index contributed by atoms with van der Waals surface area (Å²) < 4.78 is 4.77. The average molecular weight is 238 g/mol. The molecule has 2 heterocycles. The molecule has 0 aromatic carbocycles. The van der Waals surface area contributed by atoms with Gasteiger partial charge in [0.25, 0.3) is 0 Å². The van der Waals surface area contributed by atoms with E-state index < -0.39 is 0 Å². The Hall–Kier alpha value is -2.05. The highest BCUT2D eigenvalue weighted by Crippen LogP contribution is 2.17. The number of rotatable bonds is 2.